The highest BCUT2D eigenvalue weighted by Crippen LogP contribution is 2.39. The van der Waals surface area contributed by atoms with Gasteiger partial charge in [0.05, 0.1) is 0 Å². The molecule has 0 saturated heterocycles. The number of allylic oxidation sites excluding steroid dienone is 10. The predicted molar refractivity (Wildman–Crippen MR) is 204 cm³/mol. The van der Waals surface area contributed by atoms with E-state index in [0.29, 0.717) is 11.8 Å². The van der Waals surface area contributed by atoms with Crippen molar-refractivity contribution in [1.82, 2.24) is 0 Å². The molecule has 1 unspecified atom stereocenters. The molecular formula is C46H49N. The van der Waals surface area contributed by atoms with Crippen LogP contribution in [0.3, 0.4) is 0 Å². The first kappa shape index (κ1) is 32.3. The van der Waals surface area contributed by atoms with Gasteiger partial charge < -0.3 is 4.90 Å². The molecule has 0 spiro atoms. The third kappa shape index (κ3) is 8.22. The molecule has 1 heteroatoms. The SMILES string of the molecule is CCC/C(=C\C(CCC)C1=CC=CCC1)[C@@H]1C=C(c2cccc(N(c3ccccc3)c3ccc(-c4ccccc4)cc3)c2)C=CCC1. The largest absolute Gasteiger partial charge is 0.310 e. The topological polar surface area (TPSA) is 3.24 Å². The number of para-hydroxylation sites is 1. The average Bonchev–Trinajstić information content (AvgIpc) is 3.40. The Morgan fingerprint density at radius 2 is 1.43 bits per heavy atom. The average molecular weight is 616 g/mol. The Balaban J connectivity index is 1.35. The fourth-order valence-corrected chi connectivity index (χ4v) is 7.17. The van der Waals surface area contributed by atoms with Gasteiger partial charge in [-0.3, -0.25) is 0 Å². The molecule has 0 aromatic heterocycles. The molecule has 0 N–H and O–H groups in total. The van der Waals surface area contributed by atoms with Crippen LogP contribution < -0.4 is 4.90 Å². The van der Waals surface area contributed by atoms with E-state index < -0.39 is 0 Å². The van der Waals surface area contributed by atoms with Gasteiger partial charge in [-0.1, -0.05) is 153 Å². The normalized spacial score (nSPS) is 17.1. The van der Waals surface area contributed by atoms with Crippen molar-refractivity contribution in [3.05, 3.63) is 168 Å². The van der Waals surface area contributed by atoms with Crippen molar-refractivity contribution in [2.75, 3.05) is 4.90 Å². The van der Waals surface area contributed by atoms with Crippen LogP contribution in [0.4, 0.5) is 17.1 Å². The Hall–Kier alpha value is -4.62. The molecule has 0 aliphatic heterocycles. The van der Waals surface area contributed by atoms with Gasteiger partial charge in [0.25, 0.3) is 0 Å². The summed E-state index contributed by atoms with van der Waals surface area (Å²) in [4.78, 5) is 2.38. The minimum Gasteiger partial charge on any atom is -0.310 e. The van der Waals surface area contributed by atoms with Gasteiger partial charge in [0, 0.05) is 17.1 Å². The van der Waals surface area contributed by atoms with Gasteiger partial charge >= 0.3 is 0 Å². The molecule has 1 nitrogen and oxygen atoms in total. The van der Waals surface area contributed by atoms with Gasteiger partial charge in [-0.2, -0.15) is 0 Å². The number of benzene rings is 4. The summed E-state index contributed by atoms with van der Waals surface area (Å²) in [5, 5.41) is 0. The molecule has 4 aromatic rings. The van der Waals surface area contributed by atoms with Gasteiger partial charge in [0.15, 0.2) is 0 Å². The minimum atomic E-state index is 0.457. The molecule has 0 amide bonds. The molecule has 47 heavy (non-hydrogen) atoms. The van der Waals surface area contributed by atoms with E-state index in [1.54, 1.807) is 11.1 Å². The summed E-state index contributed by atoms with van der Waals surface area (Å²) in [6, 6.07) is 39.4. The second-order valence-electron chi connectivity index (χ2n) is 12.9. The Kier molecular flexibility index (Phi) is 11.2. The summed E-state index contributed by atoms with van der Waals surface area (Å²) >= 11 is 0. The lowest BCUT2D eigenvalue weighted by Gasteiger charge is -2.26. The Bertz CT molecular complexity index is 1730. The first-order valence-corrected chi connectivity index (χ1v) is 17.8. The lowest BCUT2D eigenvalue weighted by atomic mass is 9.82. The fraction of sp³-hybridized carbons (Fsp3) is 0.261. The van der Waals surface area contributed by atoms with Crippen LogP contribution in [0, 0.1) is 11.8 Å². The molecule has 0 fully saturated rings. The lowest BCUT2D eigenvalue weighted by Crippen LogP contribution is -2.10. The number of anilines is 3. The molecule has 0 saturated carbocycles. The summed E-state index contributed by atoms with van der Waals surface area (Å²) in [5.41, 5.74) is 11.8. The second kappa shape index (κ2) is 16.3. The minimum absolute atomic E-state index is 0.457. The van der Waals surface area contributed by atoms with Crippen molar-refractivity contribution in [2.24, 2.45) is 11.8 Å². The Morgan fingerprint density at radius 3 is 2.15 bits per heavy atom. The highest BCUT2D eigenvalue weighted by molar-refractivity contribution is 5.82. The third-order valence-corrected chi connectivity index (χ3v) is 9.56. The number of hydrogen-bond acceptors (Lipinski definition) is 1. The molecule has 0 radical (unpaired) electrons. The summed E-state index contributed by atoms with van der Waals surface area (Å²) in [5.74, 6) is 1.01. The number of nitrogens with zero attached hydrogens (tertiary/aromatic N) is 1. The van der Waals surface area contributed by atoms with E-state index in [0.717, 1.165) is 17.8 Å². The van der Waals surface area contributed by atoms with Crippen LogP contribution in [-0.2, 0) is 0 Å². The van der Waals surface area contributed by atoms with E-state index in [2.05, 4.69) is 170 Å². The van der Waals surface area contributed by atoms with Crippen LogP contribution in [0.5, 0.6) is 0 Å². The summed E-state index contributed by atoms with van der Waals surface area (Å²) in [6.07, 6.45) is 26.4. The third-order valence-electron chi connectivity index (χ3n) is 9.56. The van der Waals surface area contributed by atoms with Crippen molar-refractivity contribution < 1.29 is 0 Å². The molecule has 4 aromatic carbocycles. The smallest absolute Gasteiger partial charge is 0.0467 e. The maximum atomic E-state index is 2.68. The quantitative estimate of drug-likeness (QED) is 0.143. The van der Waals surface area contributed by atoms with Crippen molar-refractivity contribution in [3.63, 3.8) is 0 Å². The van der Waals surface area contributed by atoms with Crippen LogP contribution in [0.1, 0.15) is 70.8 Å². The Labute approximate surface area is 283 Å². The highest BCUT2D eigenvalue weighted by Gasteiger charge is 2.20. The monoisotopic (exact) mass is 615 g/mol. The molecule has 6 rings (SSSR count). The summed E-state index contributed by atoms with van der Waals surface area (Å²) in [6.45, 7) is 4.66. The lowest BCUT2D eigenvalue weighted by molar-refractivity contribution is 0.595. The molecular weight excluding hydrogens is 567 g/mol. The first-order valence-electron chi connectivity index (χ1n) is 17.8. The highest BCUT2D eigenvalue weighted by atomic mass is 15.1. The van der Waals surface area contributed by atoms with E-state index in [-0.39, 0.29) is 0 Å². The van der Waals surface area contributed by atoms with Crippen LogP contribution in [-0.4, -0.2) is 0 Å². The molecule has 2 atom stereocenters. The van der Waals surface area contributed by atoms with Gasteiger partial charge in [-0.05, 0) is 109 Å². The maximum Gasteiger partial charge on any atom is 0.0467 e. The zero-order valence-electron chi connectivity index (χ0n) is 28.2. The summed E-state index contributed by atoms with van der Waals surface area (Å²) in [7, 11) is 0. The van der Waals surface area contributed by atoms with Gasteiger partial charge in [-0.25, -0.2) is 0 Å². The molecule has 0 bridgehead atoms. The van der Waals surface area contributed by atoms with Crippen LogP contribution in [0.2, 0.25) is 0 Å². The van der Waals surface area contributed by atoms with Gasteiger partial charge in [-0.15, -0.1) is 0 Å². The van der Waals surface area contributed by atoms with E-state index in [4.69, 9.17) is 0 Å². The zero-order valence-corrected chi connectivity index (χ0v) is 28.2. The molecule has 238 valence electrons. The van der Waals surface area contributed by atoms with E-state index >= 15 is 0 Å². The van der Waals surface area contributed by atoms with E-state index in [1.165, 1.54) is 72.9 Å². The number of hydrogen-bond donors (Lipinski definition) is 0. The zero-order chi connectivity index (χ0) is 32.3. The van der Waals surface area contributed by atoms with Crippen molar-refractivity contribution in [3.8, 4) is 11.1 Å². The first-order chi connectivity index (χ1) is 23.2. The fourth-order valence-electron chi connectivity index (χ4n) is 7.17. The van der Waals surface area contributed by atoms with E-state index in [1.807, 2.05) is 0 Å². The second-order valence-corrected chi connectivity index (χ2v) is 12.9. The molecule has 2 aliphatic carbocycles. The van der Waals surface area contributed by atoms with Crippen molar-refractivity contribution in [1.29, 1.82) is 0 Å². The Morgan fingerprint density at radius 1 is 0.723 bits per heavy atom. The van der Waals surface area contributed by atoms with Crippen LogP contribution >= 0.6 is 0 Å². The summed E-state index contributed by atoms with van der Waals surface area (Å²) < 4.78 is 0. The number of rotatable bonds is 12. The van der Waals surface area contributed by atoms with E-state index in [9.17, 15) is 0 Å². The van der Waals surface area contributed by atoms with Gasteiger partial charge in [0.1, 0.15) is 0 Å². The maximum absolute atomic E-state index is 2.68. The standard InChI is InChI=1S/C46H49N/c1-3-17-39(37-21-10-6-11-22-37)33-40(18-4-2)41-23-14-15-24-42(34-41)43-25-16-28-46(35-43)47(44-26-12-7-13-27-44)45-31-29-38(30-32-45)36-19-8-5-9-20-36/h5-10,12-13,15-16,19-21,24-35,39,41H,3-4,11,14,17-18,22-23H2,1-2H3/b40-33+/t39?,41-/m0/s1. The van der Waals surface area contributed by atoms with Gasteiger partial charge in [0.2, 0.25) is 0 Å². The van der Waals surface area contributed by atoms with Crippen LogP contribution in [0.15, 0.2) is 163 Å². The van der Waals surface area contributed by atoms with Crippen LogP contribution in [0.25, 0.3) is 16.7 Å². The molecule has 0 heterocycles. The van der Waals surface area contributed by atoms with Crippen molar-refractivity contribution in [2.45, 2.75) is 65.2 Å². The van der Waals surface area contributed by atoms with Crippen molar-refractivity contribution >= 4 is 22.6 Å². The predicted octanol–water partition coefficient (Wildman–Crippen LogP) is 13.6. The molecule has 2 aliphatic rings.